The number of benzene rings is 1. The van der Waals surface area contributed by atoms with Crippen LogP contribution in [0.4, 0.5) is 5.69 Å². The van der Waals surface area contributed by atoms with Crippen LogP contribution in [0.3, 0.4) is 0 Å². The zero-order valence-electron chi connectivity index (χ0n) is 12.3. The lowest BCUT2D eigenvalue weighted by Crippen LogP contribution is -2.41. The van der Waals surface area contributed by atoms with Gasteiger partial charge in [-0.05, 0) is 47.8 Å². The van der Waals surface area contributed by atoms with Gasteiger partial charge in [0.1, 0.15) is 0 Å². The summed E-state index contributed by atoms with van der Waals surface area (Å²) in [7, 11) is 0. The molecule has 1 fully saturated rings. The number of piperidine rings is 1. The monoisotopic (exact) mass is 374 g/mol. The smallest absolute Gasteiger partial charge is 0.219 e. The molecule has 0 unspecified atom stereocenters. The Morgan fingerprint density at radius 1 is 1.48 bits per heavy atom. The number of nitrogens with zero attached hydrogens (tertiary/aromatic N) is 1. The molecule has 6 heteroatoms. The lowest BCUT2D eigenvalue weighted by Gasteiger charge is -2.32. The Balaban J connectivity index is 2.08. The zero-order chi connectivity index (χ0) is 15.4. The number of anilines is 1. The van der Waals surface area contributed by atoms with E-state index in [4.69, 9.17) is 16.3 Å². The zero-order valence-corrected chi connectivity index (χ0v) is 14.6. The maximum atomic E-state index is 11.4. The maximum absolute atomic E-state index is 11.4. The molecule has 1 aromatic carbocycles. The van der Waals surface area contributed by atoms with E-state index in [9.17, 15) is 4.79 Å². The Morgan fingerprint density at radius 2 is 2.14 bits per heavy atom. The highest BCUT2D eigenvalue weighted by Crippen LogP contribution is 2.37. The Hall–Kier alpha value is -0.940. The topological polar surface area (TPSA) is 41.6 Å². The van der Waals surface area contributed by atoms with Crippen LogP contribution in [0.25, 0.3) is 0 Å². The van der Waals surface area contributed by atoms with Crippen molar-refractivity contribution in [1.29, 1.82) is 0 Å². The number of hydrogen-bond acceptors (Lipinski definition) is 3. The average molecular weight is 376 g/mol. The van der Waals surface area contributed by atoms with Crippen LogP contribution >= 0.6 is 27.5 Å². The molecule has 1 aliphatic heterocycles. The Kier molecular flexibility index (Phi) is 5.76. The predicted molar refractivity (Wildman–Crippen MR) is 89.2 cm³/mol. The van der Waals surface area contributed by atoms with Gasteiger partial charge in [0.05, 0.1) is 16.8 Å². The molecule has 0 spiro atoms. The molecule has 0 aliphatic carbocycles. The van der Waals surface area contributed by atoms with Crippen molar-refractivity contribution < 1.29 is 9.53 Å². The molecule has 1 N–H and O–H groups in total. The highest BCUT2D eigenvalue weighted by molar-refractivity contribution is 9.10. The van der Waals surface area contributed by atoms with Gasteiger partial charge in [0.25, 0.3) is 0 Å². The number of halogens is 2. The number of carbonyl (C=O) groups excluding carboxylic acids is 1. The fourth-order valence-electron chi connectivity index (χ4n) is 2.52. The van der Waals surface area contributed by atoms with Gasteiger partial charge in [-0.3, -0.25) is 4.79 Å². The lowest BCUT2D eigenvalue weighted by atomic mass is 10.0. The molecular formula is C15H20BrClN2O2. The van der Waals surface area contributed by atoms with Crippen LogP contribution in [0, 0.1) is 0 Å². The van der Waals surface area contributed by atoms with Gasteiger partial charge in [0.15, 0.2) is 5.75 Å². The van der Waals surface area contributed by atoms with E-state index < -0.39 is 0 Å². The number of carbonyl (C=O) groups is 1. The van der Waals surface area contributed by atoms with Gasteiger partial charge >= 0.3 is 0 Å². The summed E-state index contributed by atoms with van der Waals surface area (Å²) in [5.74, 6) is 0.935. The predicted octanol–water partition coefficient (Wildman–Crippen LogP) is 3.92. The molecule has 4 nitrogen and oxygen atoms in total. The summed E-state index contributed by atoms with van der Waals surface area (Å²) in [6.07, 6.45) is 1.85. The van der Waals surface area contributed by atoms with E-state index in [1.165, 1.54) is 0 Å². The molecule has 116 valence electrons. The molecule has 0 radical (unpaired) electrons. The van der Waals surface area contributed by atoms with Gasteiger partial charge in [-0.2, -0.15) is 0 Å². The molecule has 1 amide bonds. The number of rotatable bonds is 4. The van der Waals surface area contributed by atoms with Crippen LogP contribution < -0.4 is 10.1 Å². The molecule has 21 heavy (non-hydrogen) atoms. The molecule has 2 rings (SSSR count). The van der Waals surface area contributed by atoms with Gasteiger partial charge < -0.3 is 15.0 Å². The number of nitrogens with one attached hydrogen (secondary N) is 1. The minimum atomic E-state index is 0.147. The first-order valence-corrected chi connectivity index (χ1v) is 8.32. The van der Waals surface area contributed by atoms with Crippen LogP contribution in [0.5, 0.6) is 5.75 Å². The van der Waals surface area contributed by atoms with E-state index in [0.29, 0.717) is 17.7 Å². The van der Waals surface area contributed by atoms with Crippen molar-refractivity contribution in [3.05, 3.63) is 21.6 Å². The second kappa shape index (κ2) is 7.36. The van der Waals surface area contributed by atoms with E-state index >= 15 is 0 Å². The van der Waals surface area contributed by atoms with Crippen molar-refractivity contribution in [2.45, 2.75) is 32.7 Å². The molecule has 0 saturated carbocycles. The highest BCUT2D eigenvalue weighted by atomic mass is 79.9. The normalized spacial score (nSPS) is 15.9. The third-order valence-corrected chi connectivity index (χ3v) is 4.40. The standard InChI is InChI=1S/C15H20BrClN2O2/c1-3-21-15-13(16)8-11(17)9-14(15)18-12-4-6-19(7-5-12)10(2)20/h8-9,12,18H,3-7H2,1-2H3. The summed E-state index contributed by atoms with van der Waals surface area (Å²) in [6.45, 7) is 5.75. The van der Waals surface area contributed by atoms with Crippen LogP contribution in [-0.2, 0) is 4.79 Å². The fraction of sp³-hybridized carbons (Fsp3) is 0.533. The van der Waals surface area contributed by atoms with Crippen molar-refractivity contribution in [3.8, 4) is 5.75 Å². The summed E-state index contributed by atoms with van der Waals surface area (Å²) in [6, 6.07) is 4.04. The average Bonchev–Trinajstić information content (AvgIpc) is 2.43. The van der Waals surface area contributed by atoms with Gasteiger partial charge in [-0.1, -0.05) is 11.6 Å². The third-order valence-electron chi connectivity index (χ3n) is 3.60. The number of amides is 1. The van der Waals surface area contributed by atoms with Crippen LogP contribution in [-0.4, -0.2) is 36.5 Å². The first kappa shape index (κ1) is 16.4. The molecule has 0 atom stereocenters. The van der Waals surface area contributed by atoms with Crippen molar-refractivity contribution in [3.63, 3.8) is 0 Å². The largest absolute Gasteiger partial charge is 0.491 e. The van der Waals surface area contributed by atoms with Gasteiger partial charge in [-0.25, -0.2) is 0 Å². The summed E-state index contributed by atoms with van der Waals surface area (Å²) < 4.78 is 6.54. The number of hydrogen-bond donors (Lipinski definition) is 1. The Morgan fingerprint density at radius 3 is 2.71 bits per heavy atom. The summed E-state index contributed by atoms with van der Waals surface area (Å²) in [5, 5.41) is 4.16. The van der Waals surface area contributed by atoms with Crippen LogP contribution in [0.2, 0.25) is 5.02 Å². The van der Waals surface area contributed by atoms with E-state index in [1.807, 2.05) is 24.0 Å². The SMILES string of the molecule is CCOc1c(Br)cc(Cl)cc1NC1CCN(C(C)=O)CC1. The van der Waals surface area contributed by atoms with Gasteiger partial charge in [0.2, 0.25) is 5.91 Å². The molecule has 0 aromatic heterocycles. The van der Waals surface area contributed by atoms with E-state index in [1.54, 1.807) is 6.92 Å². The Labute approximate surface area is 138 Å². The number of likely N-dealkylation sites (tertiary alicyclic amines) is 1. The van der Waals surface area contributed by atoms with Crippen molar-refractivity contribution >= 4 is 39.1 Å². The van der Waals surface area contributed by atoms with Crippen LogP contribution in [0.1, 0.15) is 26.7 Å². The second-order valence-electron chi connectivity index (χ2n) is 5.12. The first-order chi connectivity index (χ1) is 10.0. The quantitative estimate of drug-likeness (QED) is 0.867. The third kappa shape index (κ3) is 4.27. The molecular weight excluding hydrogens is 356 g/mol. The Bertz CT molecular complexity index is 517. The summed E-state index contributed by atoms with van der Waals surface area (Å²) in [4.78, 5) is 13.2. The van der Waals surface area contributed by atoms with Crippen LogP contribution in [0.15, 0.2) is 16.6 Å². The minimum Gasteiger partial charge on any atom is -0.491 e. The second-order valence-corrected chi connectivity index (χ2v) is 6.41. The molecule has 1 saturated heterocycles. The lowest BCUT2D eigenvalue weighted by molar-refractivity contribution is -0.129. The maximum Gasteiger partial charge on any atom is 0.219 e. The van der Waals surface area contributed by atoms with Gasteiger partial charge in [0, 0.05) is 31.1 Å². The minimum absolute atomic E-state index is 0.147. The first-order valence-electron chi connectivity index (χ1n) is 7.15. The fourth-order valence-corrected chi connectivity index (χ4v) is 3.44. The molecule has 1 heterocycles. The van der Waals surface area contributed by atoms with Crippen molar-refractivity contribution in [1.82, 2.24) is 4.90 Å². The van der Waals surface area contributed by atoms with Crippen molar-refractivity contribution in [2.24, 2.45) is 0 Å². The van der Waals surface area contributed by atoms with E-state index in [2.05, 4.69) is 21.2 Å². The molecule has 1 aliphatic rings. The summed E-state index contributed by atoms with van der Waals surface area (Å²) >= 11 is 9.62. The highest BCUT2D eigenvalue weighted by Gasteiger charge is 2.22. The molecule has 1 aromatic rings. The van der Waals surface area contributed by atoms with E-state index in [0.717, 1.165) is 41.8 Å². The van der Waals surface area contributed by atoms with Gasteiger partial charge in [-0.15, -0.1) is 0 Å². The number of ether oxygens (including phenoxy) is 1. The van der Waals surface area contributed by atoms with E-state index in [-0.39, 0.29) is 5.91 Å². The van der Waals surface area contributed by atoms with Crippen molar-refractivity contribution in [2.75, 3.05) is 25.0 Å². The molecule has 0 bridgehead atoms. The summed E-state index contributed by atoms with van der Waals surface area (Å²) in [5.41, 5.74) is 0.900.